The number of halogens is 3. The Kier molecular flexibility index (Phi) is 5.11. The van der Waals surface area contributed by atoms with Crippen LogP contribution in [-0.2, 0) is 6.42 Å². The predicted molar refractivity (Wildman–Crippen MR) is 82.8 cm³/mol. The van der Waals surface area contributed by atoms with E-state index >= 15 is 0 Å². The SMILES string of the molecule is ClCC(Cc1ccc(Cl)cc1)c1ccccc1Br. The Labute approximate surface area is 126 Å². The monoisotopic (exact) mass is 342 g/mol. The minimum Gasteiger partial charge on any atom is -0.126 e. The van der Waals surface area contributed by atoms with Crippen molar-refractivity contribution in [2.24, 2.45) is 0 Å². The van der Waals surface area contributed by atoms with E-state index < -0.39 is 0 Å². The fourth-order valence-corrected chi connectivity index (χ4v) is 2.97. The predicted octanol–water partition coefficient (Wildman–Crippen LogP) is 5.67. The average molecular weight is 344 g/mol. The maximum atomic E-state index is 6.11. The second kappa shape index (κ2) is 6.60. The summed E-state index contributed by atoms with van der Waals surface area (Å²) in [6.45, 7) is 0. The number of alkyl halides is 1. The van der Waals surface area contributed by atoms with Gasteiger partial charge < -0.3 is 0 Å². The highest BCUT2D eigenvalue weighted by Crippen LogP contribution is 2.29. The maximum Gasteiger partial charge on any atom is 0.0406 e. The molecule has 1 unspecified atom stereocenters. The molecule has 94 valence electrons. The lowest BCUT2D eigenvalue weighted by atomic mass is 9.94. The molecule has 0 aromatic heterocycles. The number of rotatable bonds is 4. The lowest BCUT2D eigenvalue weighted by Crippen LogP contribution is -2.05. The van der Waals surface area contributed by atoms with Crippen molar-refractivity contribution in [2.45, 2.75) is 12.3 Å². The van der Waals surface area contributed by atoms with Crippen LogP contribution in [0.1, 0.15) is 17.0 Å². The van der Waals surface area contributed by atoms with Crippen LogP contribution in [0.4, 0.5) is 0 Å². The van der Waals surface area contributed by atoms with Gasteiger partial charge in [0.15, 0.2) is 0 Å². The van der Waals surface area contributed by atoms with E-state index in [1.807, 2.05) is 24.3 Å². The molecule has 0 radical (unpaired) electrons. The molecule has 0 spiro atoms. The fourth-order valence-electron chi connectivity index (χ4n) is 1.96. The van der Waals surface area contributed by atoms with Crippen LogP contribution in [0.5, 0.6) is 0 Å². The highest BCUT2D eigenvalue weighted by Gasteiger charge is 2.13. The summed E-state index contributed by atoms with van der Waals surface area (Å²) >= 11 is 15.6. The molecular formula is C15H13BrCl2. The number of hydrogen-bond donors (Lipinski definition) is 0. The van der Waals surface area contributed by atoms with Crippen molar-refractivity contribution in [3.05, 3.63) is 69.2 Å². The molecule has 0 saturated heterocycles. The van der Waals surface area contributed by atoms with Crippen LogP contribution >= 0.6 is 39.1 Å². The molecule has 2 aromatic carbocycles. The van der Waals surface area contributed by atoms with Crippen LogP contribution in [0.25, 0.3) is 0 Å². The summed E-state index contributed by atoms with van der Waals surface area (Å²) < 4.78 is 1.12. The van der Waals surface area contributed by atoms with Crippen LogP contribution in [-0.4, -0.2) is 5.88 Å². The van der Waals surface area contributed by atoms with Crippen molar-refractivity contribution in [3.63, 3.8) is 0 Å². The second-order valence-electron chi connectivity index (χ2n) is 4.20. The van der Waals surface area contributed by atoms with E-state index in [4.69, 9.17) is 23.2 Å². The lowest BCUT2D eigenvalue weighted by molar-refractivity contribution is 0.762. The van der Waals surface area contributed by atoms with Crippen LogP contribution in [0, 0.1) is 0 Å². The van der Waals surface area contributed by atoms with Gasteiger partial charge in [-0.15, -0.1) is 11.6 Å². The van der Waals surface area contributed by atoms with Gasteiger partial charge in [-0.2, -0.15) is 0 Å². The normalized spacial score (nSPS) is 12.4. The first-order chi connectivity index (χ1) is 8.70. The molecule has 0 aliphatic heterocycles. The van der Waals surface area contributed by atoms with Gasteiger partial charge in [0.25, 0.3) is 0 Å². The number of benzene rings is 2. The molecule has 2 aromatic rings. The first-order valence-electron chi connectivity index (χ1n) is 5.75. The van der Waals surface area contributed by atoms with Gasteiger partial charge >= 0.3 is 0 Å². The van der Waals surface area contributed by atoms with E-state index in [9.17, 15) is 0 Å². The summed E-state index contributed by atoms with van der Waals surface area (Å²) in [4.78, 5) is 0. The quantitative estimate of drug-likeness (QED) is 0.627. The van der Waals surface area contributed by atoms with Gasteiger partial charge in [0.1, 0.15) is 0 Å². The van der Waals surface area contributed by atoms with Gasteiger partial charge in [-0.1, -0.05) is 57.9 Å². The summed E-state index contributed by atoms with van der Waals surface area (Å²) in [6.07, 6.45) is 0.920. The van der Waals surface area contributed by atoms with E-state index in [1.165, 1.54) is 11.1 Å². The van der Waals surface area contributed by atoms with E-state index in [0.29, 0.717) is 11.8 Å². The topological polar surface area (TPSA) is 0 Å². The standard InChI is InChI=1S/C15H13BrCl2/c16-15-4-2-1-3-14(15)12(10-17)9-11-5-7-13(18)8-6-11/h1-8,12H,9-10H2. The third-order valence-electron chi connectivity index (χ3n) is 2.93. The Morgan fingerprint density at radius 3 is 2.28 bits per heavy atom. The van der Waals surface area contributed by atoms with Gasteiger partial charge in [-0.05, 0) is 35.7 Å². The van der Waals surface area contributed by atoms with Crippen molar-refractivity contribution in [3.8, 4) is 0 Å². The molecule has 0 amide bonds. The highest BCUT2D eigenvalue weighted by atomic mass is 79.9. The lowest BCUT2D eigenvalue weighted by Gasteiger charge is -2.16. The molecule has 3 heteroatoms. The van der Waals surface area contributed by atoms with Crippen molar-refractivity contribution in [2.75, 3.05) is 5.88 Å². The molecule has 0 fully saturated rings. The fraction of sp³-hybridized carbons (Fsp3) is 0.200. The first kappa shape index (κ1) is 13.9. The van der Waals surface area contributed by atoms with Crippen molar-refractivity contribution in [1.82, 2.24) is 0 Å². The maximum absolute atomic E-state index is 6.11. The van der Waals surface area contributed by atoms with E-state index in [1.54, 1.807) is 0 Å². The van der Waals surface area contributed by atoms with Gasteiger partial charge in [-0.3, -0.25) is 0 Å². The molecule has 1 atom stereocenters. The summed E-state index contributed by atoms with van der Waals surface area (Å²) in [7, 11) is 0. The van der Waals surface area contributed by atoms with Crippen LogP contribution in [0.3, 0.4) is 0 Å². The van der Waals surface area contributed by atoms with Gasteiger partial charge in [0.05, 0.1) is 0 Å². The van der Waals surface area contributed by atoms with Crippen molar-refractivity contribution < 1.29 is 0 Å². The Bertz CT molecular complexity index is 508. The van der Waals surface area contributed by atoms with Crippen molar-refractivity contribution >= 4 is 39.1 Å². The van der Waals surface area contributed by atoms with Gasteiger partial charge in [-0.25, -0.2) is 0 Å². The summed E-state index contributed by atoms with van der Waals surface area (Å²) in [5, 5.41) is 0.766. The average Bonchev–Trinajstić information content (AvgIpc) is 2.39. The third-order valence-corrected chi connectivity index (χ3v) is 4.27. The summed E-state index contributed by atoms with van der Waals surface area (Å²) in [6, 6.07) is 16.2. The van der Waals surface area contributed by atoms with Crippen molar-refractivity contribution in [1.29, 1.82) is 0 Å². The highest BCUT2D eigenvalue weighted by molar-refractivity contribution is 9.10. The molecule has 0 aliphatic rings. The minimum absolute atomic E-state index is 0.309. The zero-order valence-electron chi connectivity index (χ0n) is 9.74. The molecule has 0 nitrogen and oxygen atoms in total. The van der Waals surface area contributed by atoms with E-state index in [2.05, 4.69) is 40.2 Å². The summed E-state index contributed by atoms with van der Waals surface area (Å²) in [5.74, 6) is 0.911. The molecule has 0 saturated carbocycles. The van der Waals surface area contributed by atoms with Gasteiger partial charge in [0, 0.05) is 21.3 Å². The molecule has 2 rings (SSSR count). The first-order valence-corrected chi connectivity index (χ1v) is 7.46. The Balaban J connectivity index is 2.20. The van der Waals surface area contributed by atoms with Crippen LogP contribution < -0.4 is 0 Å². The van der Waals surface area contributed by atoms with E-state index in [-0.39, 0.29) is 0 Å². The zero-order valence-corrected chi connectivity index (χ0v) is 12.8. The minimum atomic E-state index is 0.309. The molecule has 0 bridgehead atoms. The molecule has 0 N–H and O–H groups in total. The molecule has 0 aliphatic carbocycles. The Hall–Kier alpha value is -0.500. The van der Waals surface area contributed by atoms with Crippen LogP contribution in [0.2, 0.25) is 5.02 Å². The zero-order chi connectivity index (χ0) is 13.0. The molecular weight excluding hydrogens is 331 g/mol. The molecule has 0 heterocycles. The Morgan fingerprint density at radius 1 is 1.00 bits per heavy atom. The molecule has 18 heavy (non-hydrogen) atoms. The Morgan fingerprint density at radius 2 is 1.67 bits per heavy atom. The van der Waals surface area contributed by atoms with E-state index in [0.717, 1.165) is 15.9 Å². The largest absolute Gasteiger partial charge is 0.126 e. The van der Waals surface area contributed by atoms with Gasteiger partial charge in [0.2, 0.25) is 0 Å². The van der Waals surface area contributed by atoms with Crippen LogP contribution in [0.15, 0.2) is 53.0 Å². The smallest absolute Gasteiger partial charge is 0.0406 e. The summed E-state index contributed by atoms with van der Waals surface area (Å²) in [5.41, 5.74) is 2.50. The number of hydrogen-bond acceptors (Lipinski definition) is 0. The third kappa shape index (κ3) is 3.50. The second-order valence-corrected chi connectivity index (χ2v) is 5.80.